The fourth-order valence-electron chi connectivity index (χ4n) is 15.4. The van der Waals surface area contributed by atoms with Gasteiger partial charge in [0.25, 0.3) is 0 Å². The molecule has 17 atom stereocenters. The smallest absolute Gasteiger partial charge is 0.220 e. The first-order valence-corrected chi connectivity index (χ1v) is 44.6. The molecule has 0 aromatic rings. The topological polar surface area (TPSA) is 307 Å². The Morgan fingerprint density at radius 3 is 0.962 bits per heavy atom. The van der Waals surface area contributed by atoms with Crippen LogP contribution in [0.3, 0.4) is 0 Å². The van der Waals surface area contributed by atoms with Crippen molar-refractivity contribution in [3.8, 4) is 0 Å². The van der Waals surface area contributed by atoms with Gasteiger partial charge in [-0.2, -0.15) is 0 Å². The number of carbonyl (C=O) groups is 1. The van der Waals surface area contributed by atoms with Gasteiger partial charge in [-0.05, 0) is 44.9 Å². The lowest BCUT2D eigenvalue weighted by Crippen LogP contribution is -2.66. The molecule has 0 radical (unpaired) electrons. The zero-order valence-electron chi connectivity index (χ0n) is 67.4. The first-order valence-electron chi connectivity index (χ1n) is 44.6. The Bertz CT molecular complexity index is 2000. The van der Waals surface area contributed by atoms with Crippen LogP contribution in [0.4, 0.5) is 0 Å². The molecule has 0 aromatic heterocycles. The Morgan fingerprint density at radius 1 is 0.340 bits per heavy atom. The summed E-state index contributed by atoms with van der Waals surface area (Å²) in [7, 11) is 0. The van der Waals surface area contributed by atoms with Gasteiger partial charge < -0.3 is 89.9 Å². The fourth-order valence-corrected chi connectivity index (χ4v) is 15.4. The van der Waals surface area contributed by atoms with Gasteiger partial charge >= 0.3 is 0 Å². The van der Waals surface area contributed by atoms with E-state index in [1.54, 1.807) is 0 Å². The number of allylic oxidation sites excluding steroid dienone is 4. The van der Waals surface area contributed by atoms with E-state index in [1.807, 2.05) is 0 Å². The quantitative estimate of drug-likeness (QED) is 0.0199. The van der Waals surface area contributed by atoms with Crippen LogP contribution in [-0.4, -0.2) is 193 Å². The van der Waals surface area contributed by atoms with Gasteiger partial charge in [-0.1, -0.05) is 366 Å². The third-order valence-electron chi connectivity index (χ3n) is 22.5. The fraction of sp³-hybridized carbons (Fsp3) is 0.943. The highest BCUT2D eigenvalue weighted by Crippen LogP contribution is 2.34. The molecule has 0 aliphatic carbocycles. The maximum Gasteiger partial charge on any atom is 0.220 e. The number of hydrogen-bond donors (Lipinski definition) is 12. The predicted octanol–water partition coefficient (Wildman–Crippen LogP) is 16.5. The third-order valence-corrected chi connectivity index (χ3v) is 22.5. The summed E-state index contributed by atoms with van der Waals surface area (Å²) in [6, 6.07) is -0.886. The molecular formula is C87H165NO18. The number of unbranched alkanes of at least 4 members (excludes halogenated alkanes) is 53. The molecular weight excluding hydrogens is 1350 g/mol. The summed E-state index contributed by atoms with van der Waals surface area (Å²) in [4.78, 5) is 13.5. The van der Waals surface area contributed by atoms with E-state index in [0.29, 0.717) is 12.8 Å². The minimum Gasteiger partial charge on any atom is -0.394 e. The van der Waals surface area contributed by atoms with Crippen LogP contribution < -0.4 is 5.32 Å². The van der Waals surface area contributed by atoms with E-state index in [0.717, 1.165) is 51.4 Å². The Labute approximate surface area is 645 Å². The van der Waals surface area contributed by atoms with Crippen molar-refractivity contribution in [2.24, 2.45) is 0 Å². The molecule has 0 aromatic carbocycles. The van der Waals surface area contributed by atoms with Crippen LogP contribution in [0.2, 0.25) is 0 Å². The monoisotopic (exact) mass is 1510 g/mol. The largest absolute Gasteiger partial charge is 0.394 e. The van der Waals surface area contributed by atoms with Crippen molar-refractivity contribution in [3.05, 3.63) is 24.3 Å². The molecule has 3 aliphatic rings. The number of carbonyl (C=O) groups excluding carboxylic acids is 1. The van der Waals surface area contributed by atoms with E-state index in [1.165, 1.54) is 308 Å². The minimum atomic E-state index is -1.97. The van der Waals surface area contributed by atoms with Crippen molar-refractivity contribution < 1.29 is 89.4 Å². The second kappa shape index (κ2) is 67.7. The van der Waals surface area contributed by atoms with Crippen LogP contribution in [-0.2, 0) is 33.2 Å². The van der Waals surface area contributed by atoms with Gasteiger partial charge in [0.1, 0.15) is 73.2 Å². The van der Waals surface area contributed by atoms with Crippen LogP contribution in [0.1, 0.15) is 393 Å². The highest BCUT2D eigenvalue weighted by Gasteiger charge is 2.54. The molecule has 0 saturated carbocycles. The van der Waals surface area contributed by atoms with Gasteiger partial charge in [-0.15, -0.1) is 0 Å². The van der Waals surface area contributed by atoms with E-state index in [9.17, 15) is 61.0 Å². The Kier molecular flexibility index (Phi) is 62.9. The molecule has 19 nitrogen and oxygen atoms in total. The van der Waals surface area contributed by atoms with E-state index >= 15 is 0 Å². The molecule has 106 heavy (non-hydrogen) atoms. The average Bonchev–Trinajstić information content (AvgIpc) is 0.780. The van der Waals surface area contributed by atoms with Gasteiger partial charge in [-0.3, -0.25) is 4.79 Å². The Balaban J connectivity index is 1.30. The molecule has 626 valence electrons. The molecule has 17 unspecified atom stereocenters. The van der Waals surface area contributed by atoms with Gasteiger partial charge in [0, 0.05) is 6.42 Å². The molecule has 3 rings (SSSR count). The maximum absolute atomic E-state index is 13.5. The number of aliphatic hydroxyl groups is 11. The Morgan fingerprint density at radius 2 is 0.623 bits per heavy atom. The van der Waals surface area contributed by atoms with Crippen molar-refractivity contribution in [1.82, 2.24) is 5.32 Å². The maximum atomic E-state index is 13.5. The van der Waals surface area contributed by atoms with Crippen molar-refractivity contribution in [3.63, 3.8) is 0 Å². The second-order valence-electron chi connectivity index (χ2n) is 32.1. The molecule has 3 fully saturated rings. The lowest BCUT2D eigenvalue weighted by Gasteiger charge is -2.48. The average molecular weight is 1510 g/mol. The molecule has 19 heteroatoms. The number of ether oxygens (including phenoxy) is 6. The number of amides is 1. The highest BCUT2D eigenvalue weighted by molar-refractivity contribution is 5.76. The molecule has 12 N–H and O–H groups in total. The summed E-state index contributed by atoms with van der Waals surface area (Å²) < 4.78 is 34.6. The summed E-state index contributed by atoms with van der Waals surface area (Å²) >= 11 is 0. The van der Waals surface area contributed by atoms with Crippen LogP contribution in [0.15, 0.2) is 24.3 Å². The van der Waals surface area contributed by atoms with Gasteiger partial charge in [0.05, 0.1) is 38.6 Å². The minimum absolute atomic E-state index is 0.233. The first-order chi connectivity index (χ1) is 51.8. The van der Waals surface area contributed by atoms with Crippen molar-refractivity contribution in [2.75, 3.05) is 26.4 Å². The normalized spacial score (nSPS) is 25.7. The number of rotatable bonds is 73. The summed E-state index contributed by atoms with van der Waals surface area (Å²) in [5.74, 6) is -0.233. The zero-order chi connectivity index (χ0) is 76.7. The van der Waals surface area contributed by atoms with Crippen LogP contribution in [0.5, 0.6) is 0 Å². The van der Waals surface area contributed by atoms with Gasteiger partial charge in [-0.25, -0.2) is 0 Å². The highest BCUT2D eigenvalue weighted by atomic mass is 16.8. The molecule has 1 amide bonds. The molecule has 3 heterocycles. The summed E-state index contributed by atoms with van der Waals surface area (Å²) in [6.45, 7) is 1.86. The van der Waals surface area contributed by atoms with Gasteiger partial charge in [0.2, 0.25) is 5.91 Å². The van der Waals surface area contributed by atoms with Crippen molar-refractivity contribution >= 4 is 5.91 Å². The van der Waals surface area contributed by atoms with Crippen molar-refractivity contribution in [2.45, 2.75) is 497 Å². The zero-order valence-corrected chi connectivity index (χ0v) is 67.4. The van der Waals surface area contributed by atoms with E-state index < -0.39 is 124 Å². The number of nitrogens with one attached hydrogen (secondary N) is 1. The first kappa shape index (κ1) is 98.5. The van der Waals surface area contributed by atoms with Crippen LogP contribution in [0, 0.1) is 0 Å². The van der Waals surface area contributed by atoms with Crippen LogP contribution >= 0.6 is 0 Å². The lowest BCUT2D eigenvalue weighted by molar-refractivity contribution is -0.379. The number of hydrogen-bond acceptors (Lipinski definition) is 18. The molecule has 0 spiro atoms. The second-order valence-corrected chi connectivity index (χ2v) is 32.1. The molecule has 3 aliphatic heterocycles. The predicted molar refractivity (Wildman–Crippen MR) is 425 cm³/mol. The molecule has 0 bridgehead atoms. The summed E-state index contributed by atoms with van der Waals surface area (Å²) in [5, 5.41) is 121. The van der Waals surface area contributed by atoms with E-state index in [-0.39, 0.29) is 18.9 Å². The van der Waals surface area contributed by atoms with E-state index in [2.05, 4.69) is 43.5 Å². The number of aliphatic hydroxyl groups excluding tert-OH is 11. The summed E-state index contributed by atoms with van der Waals surface area (Å²) in [5.41, 5.74) is 0. The van der Waals surface area contributed by atoms with E-state index in [4.69, 9.17) is 28.4 Å². The third kappa shape index (κ3) is 46.4. The van der Waals surface area contributed by atoms with Crippen molar-refractivity contribution in [1.29, 1.82) is 0 Å². The van der Waals surface area contributed by atoms with Crippen LogP contribution in [0.25, 0.3) is 0 Å². The lowest BCUT2D eigenvalue weighted by atomic mass is 9.96. The van der Waals surface area contributed by atoms with Gasteiger partial charge in [0.15, 0.2) is 18.9 Å². The summed E-state index contributed by atoms with van der Waals surface area (Å²) in [6.07, 6.45) is 57.2. The Hall–Kier alpha value is -1.73. The SMILES string of the molecule is CCCCCCC/C=C\C/C=C\CCCCCCCCCCCCCCCCCCCCCCCCCCCC(=O)NC(COC1OC(CO)C(OC2OC(CO)C(OC3OC(CO)C(O)C(O)C3O)C(O)C2O)C(O)C1O)C(O)CCCCCCCCCCCCCCCCCCCCCCCCCC. The molecule has 3 saturated heterocycles. The standard InChI is InChI=1S/C87H165NO18/c1-3-5-7-9-11-13-15-17-19-21-23-25-27-29-30-31-32-33-34-35-36-37-38-39-40-41-43-45-47-49-51-53-55-57-59-61-63-65-75(93)88-70(71(92)64-62-60-58-56-54-52-50-48-46-44-42-28-26-24-22-20-18-16-14-12-10-8-6-4-2)69-101-85-81(99)78(96)83(73(67-90)103-85)106-87-82(100)79(97)84(74(68-91)104-87)105-86-80(98)77(95)76(94)72(66-89)102-86/h15,17,21,23,70-74,76-87,89-92,94-100H,3-14,16,18-20,22,24-69H2,1-2H3,(H,88,93)/b17-15-,23-21-.